The normalized spacial score (nSPS) is 15.8. The molecule has 4 rings (SSSR count). The summed E-state index contributed by atoms with van der Waals surface area (Å²) in [5, 5.41) is 5.87. The average molecular weight is 364 g/mol. The van der Waals surface area contributed by atoms with Crippen molar-refractivity contribution in [2.75, 3.05) is 29.0 Å². The van der Waals surface area contributed by atoms with Crippen LogP contribution in [-0.2, 0) is 11.2 Å². The Morgan fingerprint density at radius 1 is 1.15 bits per heavy atom. The highest BCUT2D eigenvalue weighted by molar-refractivity contribution is 5.98. The van der Waals surface area contributed by atoms with Gasteiger partial charge in [0.25, 0.3) is 5.91 Å². The fourth-order valence-corrected chi connectivity index (χ4v) is 3.50. The second-order valence-corrected chi connectivity index (χ2v) is 7.25. The van der Waals surface area contributed by atoms with Gasteiger partial charge in [-0.3, -0.25) is 9.59 Å². The Kier molecular flexibility index (Phi) is 4.71. The number of hydrogen-bond acceptors (Lipinski definition) is 4. The summed E-state index contributed by atoms with van der Waals surface area (Å²) in [6, 6.07) is 13.2. The van der Waals surface area contributed by atoms with Gasteiger partial charge in [0, 0.05) is 35.2 Å². The minimum absolute atomic E-state index is 0.0889. The van der Waals surface area contributed by atoms with Gasteiger partial charge in [0.05, 0.1) is 6.54 Å². The molecule has 4 N–H and O–H groups in total. The molecule has 2 aromatic rings. The summed E-state index contributed by atoms with van der Waals surface area (Å²) in [7, 11) is 0. The molecule has 0 bridgehead atoms. The minimum Gasteiger partial charge on any atom is -0.398 e. The average Bonchev–Trinajstić information content (AvgIpc) is 3.47. The lowest BCUT2D eigenvalue weighted by Gasteiger charge is -2.31. The van der Waals surface area contributed by atoms with E-state index in [1.165, 1.54) is 0 Å². The highest BCUT2D eigenvalue weighted by Gasteiger charge is 2.24. The van der Waals surface area contributed by atoms with Crippen molar-refractivity contribution in [2.24, 2.45) is 0 Å². The molecule has 6 nitrogen and oxygen atoms in total. The summed E-state index contributed by atoms with van der Waals surface area (Å²) in [6.07, 6.45) is 4.01. The third-order valence-electron chi connectivity index (χ3n) is 5.04. The molecule has 1 aliphatic heterocycles. The van der Waals surface area contributed by atoms with E-state index >= 15 is 0 Å². The zero-order chi connectivity index (χ0) is 18.8. The van der Waals surface area contributed by atoms with Crippen molar-refractivity contribution in [3.8, 4) is 0 Å². The van der Waals surface area contributed by atoms with Gasteiger partial charge in [0.2, 0.25) is 5.91 Å². The Balaban J connectivity index is 1.42. The number of anilines is 3. The van der Waals surface area contributed by atoms with Gasteiger partial charge in [-0.2, -0.15) is 0 Å². The molecule has 1 heterocycles. The van der Waals surface area contributed by atoms with Crippen LogP contribution in [0.5, 0.6) is 0 Å². The first-order valence-electron chi connectivity index (χ1n) is 9.43. The largest absolute Gasteiger partial charge is 0.398 e. The van der Waals surface area contributed by atoms with Gasteiger partial charge >= 0.3 is 0 Å². The third-order valence-corrected chi connectivity index (χ3v) is 5.04. The van der Waals surface area contributed by atoms with E-state index in [-0.39, 0.29) is 18.4 Å². The maximum Gasteiger partial charge on any atom is 0.251 e. The van der Waals surface area contributed by atoms with E-state index in [9.17, 15) is 9.59 Å². The zero-order valence-corrected chi connectivity index (χ0v) is 15.2. The topological polar surface area (TPSA) is 87.5 Å². The van der Waals surface area contributed by atoms with Gasteiger partial charge in [-0.25, -0.2) is 0 Å². The van der Waals surface area contributed by atoms with Gasteiger partial charge < -0.3 is 21.3 Å². The monoisotopic (exact) mass is 364 g/mol. The first kappa shape index (κ1) is 17.4. The molecule has 140 valence electrons. The highest BCUT2D eigenvalue weighted by atomic mass is 16.2. The molecule has 0 spiro atoms. The predicted octanol–water partition coefficient (Wildman–Crippen LogP) is 2.55. The van der Waals surface area contributed by atoms with Crippen LogP contribution in [-0.4, -0.2) is 30.9 Å². The van der Waals surface area contributed by atoms with E-state index in [2.05, 4.69) is 15.5 Å². The maximum absolute atomic E-state index is 12.6. The molecule has 1 fully saturated rings. The van der Waals surface area contributed by atoms with Crippen molar-refractivity contribution in [3.05, 3.63) is 53.6 Å². The number of nitrogens with zero attached hydrogens (tertiary/aromatic N) is 1. The van der Waals surface area contributed by atoms with Crippen LogP contribution < -0.4 is 21.3 Å². The fraction of sp³-hybridized carbons (Fsp3) is 0.333. The third kappa shape index (κ3) is 4.05. The number of nitrogen functional groups attached to an aromatic ring is 1. The maximum atomic E-state index is 12.6. The number of rotatable bonds is 5. The van der Waals surface area contributed by atoms with Crippen LogP contribution in [0.2, 0.25) is 0 Å². The van der Waals surface area contributed by atoms with Crippen molar-refractivity contribution >= 4 is 28.9 Å². The van der Waals surface area contributed by atoms with E-state index < -0.39 is 0 Å². The fourth-order valence-electron chi connectivity index (χ4n) is 3.50. The number of carbonyl (C=O) groups excluding carboxylic acids is 2. The molecule has 6 heteroatoms. The van der Waals surface area contributed by atoms with Crippen LogP contribution >= 0.6 is 0 Å². The summed E-state index contributed by atoms with van der Waals surface area (Å²) in [5.41, 5.74) is 10.2. The number of nitrogens with two attached hydrogens (primary N) is 1. The first-order chi connectivity index (χ1) is 13.1. The zero-order valence-electron chi connectivity index (χ0n) is 15.2. The molecule has 27 heavy (non-hydrogen) atoms. The van der Waals surface area contributed by atoms with Gasteiger partial charge in [-0.1, -0.05) is 12.1 Å². The number of nitrogens with one attached hydrogen (secondary N) is 2. The molecule has 1 saturated carbocycles. The Bertz CT molecular complexity index is 876. The van der Waals surface area contributed by atoms with Crippen LogP contribution in [0.1, 0.15) is 35.2 Å². The lowest BCUT2D eigenvalue weighted by atomic mass is 10.00. The van der Waals surface area contributed by atoms with E-state index in [1.807, 2.05) is 18.2 Å². The van der Waals surface area contributed by atoms with Crippen molar-refractivity contribution in [2.45, 2.75) is 31.7 Å². The number of benzene rings is 2. The smallest absolute Gasteiger partial charge is 0.251 e. The molecule has 2 aromatic carbocycles. The van der Waals surface area contributed by atoms with Crippen molar-refractivity contribution in [1.82, 2.24) is 5.32 Å². The van der Waals surface area contributed by atoms with E-state index in [0.29, 0.717) is 17.3 Å². The summed E-state index contributed by atoms with van der Waals surface area (Å²) in [5.74, 6) is -0.195. The summed E-state index contributed by atoms with van der Waals surface area (Å²) >= 11 is 0. The van der Waals surface area contributed by atoms with Gasteiger partial charge in [-0.05, 0) is 61.6 Å². The van der Waals surface area contributed by atoms with Gasteiger partial charge in [-0.15, -0.1) is 0 Å². The standard InChI is InChI=1S/C21H24N4O2/c22-18-7-2-8-19-17(18)6-3-11-25(19)13-20(26)23-16-5-1-4-14(12-16)21(27)24-15-9-10-15/h1-2,4-5,7-8,12,15H,3,6,9-11,13,22H2,(H,23,26)(H,24,27). The Hall–Kier alpha value is -3.02. The molecule has 0 unspecified atom stereocenters. The Labute approximate surface area is 158 Å². The lowest BCUT2D eigenvalue weighted by molar-refractivity contribution is -0.115. The van der Waals surface area contributed by atoms with Crippen LogP contribution in [0.15, 0.2) is 42.5 Å². The molecule has 0 aromatic heterocycles. The Morgan fingerprint density at radius 2 is 1.96 bits per heavy atom. The van der Waals surface area contributed by atoms with E-state index in [0.717, 1.165) is 49.2 Å². The lowest BCUT2D eigenvalue weighted by Crippen LogP contribution is -2.37. The van der Waals surface area contributed by atoms with E-state index in [4.69, 9.17) is 5.73 Å². The molecule has 0 saturated heterocycles. The van der Waals surface area contributed by atoms with Crippen LogP contribution in [0, 0.1) is 0 Å². The van der Waals surface area contributed by atoms with Crippen molar-refractivity contribution in [1.29, 1.82) is 0 Å². The molecule has 0 radical (unpaired) electrons. The second-order valence-electron chi connectivity index (χ2n) is 7.25. The summed E-state index contributed by atoms with van der Waals surface area (Å²) in [4.78, 5) is 26.8. The van der Waals surface area contributed by atoms with Gasteiger partial charge in [0.1, 0.15) is 0 Å². The first-order valence-corrected chi connectivity index (χ1v) is 9.43. The predicted molar refractivity (Wildman–Crippen MR) is 107 cm³/mol. The quantitative estimate of drug-likeness (QED) is 0.712. The molecular formula is C21H24N4O2. The molecular weight excluding hydrogens is 340 g/mol. The van der Waals surface area contributed by atoms with Crippen LogP contribution in [0.3, 0.4) is 0 Å². The van der Waals surface area contributed by atoms with Crippen LogP contribution in [0.25, 0.3) is 0 Å². The van der Waals surface area contributed by atoms with Crippen molar-refractivity contribution < 1.29 is 9.59 Å². The molecule has 1 aliphatic carbocycles. The molecule has 0 atom stereocenters. The highest BCUT2D eigenvalue weighted by Crippen LogP contribution is 2.31. The second kappa shape index (κ2) is 7.31. The number of fused-ring (bicyclic) bond motifs is 1. The number of hydrogen-bond donors (Lipinski definition) is 3. The van der Waals surface area contributed by atoms with E-state index in [1.54, 1.807) is 24.3 Å². The summed E-state index contributed by atoms with van der Waals surface area (Å²) in [6.45, 7) is 1.09. The summed E-state index contributed by atoms with van der Waals surface area (Å²) < 4.78 is 0. The van der Waals surface area contributed by atoms with Gasteiger partial charge in [0.15, 0.2) is 0 Å². The number of amides is 2. The molecule has 2 aliphatic rings. The van der Waals surface area contributed by atoms with Crippen LogP contribution in [0.4, 0.5) is 17.1 Å². The SMILES string of the molecule is Nc1cccc2c1CCCN2CC(=O)Nc1cccc(C(=O)NC2CC2)c1. The molecule has 2 amide bonds. The minimum atomic E-state index is -0.106. The number of carbonyl (C=O) groups is 2. The van der Waals surface area contributed by atoms with Crippen molar-refractivity contribution in [3.63, 3.8) is 0 Å². The Morgan fingerprint density at radius 3 is 2.78 bits per heavy atom.